The van der Waals surface area contributed by atoms with E-state index in [1.165, 1.54) is 5.56 Å². The van der Waals surface area contributed by atoms with E-state index in [-0.39, 0.29) is 11.3 Å². The number of aryl methyl sites for hydroxylation is 1. The summed E-state index contributed by atoms with van der Waals surface area (Å²) in [5.41, 5.74) is 1.29. The summed E-state index contributed by atoms with van der Waals surface area (Å²) < 4.78 is 0. The monoisotopic (exact) mass is 218 g/mol. The van der Waals surface area contributed by atoms with Crippen LogP contribution in [0, 0.1) is 17.3 Å². The third kappa shape index (κ3) is 1.97. The second kappa shape index (κ2) is 3.93. The van der Waals surface area contributed by atoms with Crippen LogP contribution in [-0.4, -0.2) is 11.1 Å². The lowest BCUT2D eigenvalue weighted by molar-refractivity contribution is -0.139. The molecule has 1 aromatic rings. The van der Waals surface area contributed by atoms with Crippen LogP contribution in [0.5, 0.6) is 0 Å². The minimum Gasteiger partial charge on any atom is -0.481 e. The number of rotatable bonds is 4. The van der Waals surface area contributed by atoms with Crippen molar-refractivity contribution in [3.05, 3.63) is 35.9 Å². The van der Waals surface area contributed by atoms with Crippen LogP contribution in [0.3, 0.4) is 0 Å². The maximum atomic E-state index is 11.0. The van der Waals surface area contributed by atoms with Crippen molar-refractivity contribution in [3.63, 3.8) is 0 Å². The first-order valence-electron chi connectivity index (χ1n) is 5.80. The molecular formula is C14H18O2. The quantitative estimate of drug-likeness (QED) is 0.843. The van der Waals surface area contributed by atoms with Gasteiger partial charge in [0.2, 0.25) is 0 Å². The summed E-state index contributed by atoms with van der Waals surface area (Å²) in [4.78, 5) is 11.0. The van der Waals surface area contributed by atoms with E-state index in [2.05, 4.69) is 26.0 Å². The zero-order valence-corrected chi connectivity index (χ0v) is 9.81. The van der Waals surface area contributed by atoms with E-state index in [4.69, 9.17) is 5.11 Å². The van der Waals surface area contributed by atoms with Gasteiger partial charge in [0, 0.05) is 0 Å². The van der Waals surface area contributed by atoms with Crippen molar-refractivity contribution in [2.75, 3.05) is 0 Å². The largest absolute Gasteiger partial charge is 0.481 e. The molecule has 86 valence electrons. The van der Waals surface area contributed by atoms with Crippen LogP contribution in [0.4, 0.5) is 0 Å². The molecule has 0 aliphatic heterocycles. The molecule has 0 amide bonds. The molecule has 2 atom stereocenters. The van der Waals surface area contributed by atoms with Gasteiger partial charge in [0.15, 0.2) is 0 Å². The SMILES string of the molecule is CC1(C)C(CCc2ccccc2)C1C(=O)O. The summed E-state index contributed by atoms with van der Waals surface area (Å²) in [5.74, 6) is -0.440. The van der Waals surface area contributed by atoms with E-state index in [1.54, 1.807) is 0 Å². The highest BCUT2D eigenvalue weighted by molar-refractivity contribution is 5.75. The van der Waals surface area contributed by atoms with Gasteiger partial charge < -0.3 is 5.11 Å². The van der Waals surface area contributed by atoms with Gasteiger partial charge in [-0.25, -0.2) is 0 Å². The molecule has 0 heterocycles. The molecule has 0 radical (unpaired) electrons. The van der Waals surface area contributed by atoms with Crippen molar-refractivity contribution in [2.45, 2.75) is 26.7 Å². The Morgan fingerprint density at radius 2 is 1.94 bits per heavy atom. The molecule has 1 aliphatic carbocycles. The van der Waals surface area contributed by atoms with Crippen LogP contribution in [-0.2, 0) is 11.2 Å². The smallest absolute Gasteiger partial charge is 0.307 e. The Kier molecular flexibility index (Phi) is 2.75. The highest BCUT2D eigenvalue weighted by Gasteiger charge is 2.61. The zero-order chi connectivity index (χ0) is 11.8. The fourth-order valence-corrected chi connectivity index (χ4v) is 2.74. The van der Waals surface area contributed by atoms with Gasteiger partial charge in [-0.15, -0.1) is 0 Å². The van der Waals surface area contributed by atoms with E-state index < -0.39 is 5.97 Å². The molecule has 0 spiro atoms. The summed E-state index contributed by atoms with van der Waals surface area (Å²) in [6, 6.07) is 10.3. The first-order valence-corrected chi connectivity index (χ1v) is 5.80. The van der Waals surface area contributed by atoms with Crippen molar-refractivity contribution in [3.8, 4) is 0 Å². The Labute approximate surface area is 96.3 Å². The van der Waals surface area contributed by atoms with E-state index in [0.717, 1.165) is 12.8 Å². The Bertz CT molecular complexity index is 381. The molecule has 1 fully saturated rings. The lowest BCUT2D eigenvalue weighted by Crippen LogP contribution is -2.03. The Hall–Kier alpha value is -1.31. The van der Waals surface area contributed by atoms with Crippen LogP contribution in [0.2, 0.25) is 0 Å². The van der Waals surface area contributed by atoms with Gasteiger partial charge in [-0.1, -0.05) is 44.2 Å². The molecule has 2 nitrogen and oxygen atoms in total. The number of carboxylic acid groups (broad SMARTS) is 1. The maximum Gasteiger partial charge on any atom is 0.307 e. The maximum absolute atomic E-state index is 11.0. The Morgan fingerprint density at radius 3 is 2.44 bits per heavy atom. The molecule has 1 aromatic carbocycles. The number of carboxylic acids is 1. The lowest BCUT2D eigenvalue weighted by atomic mass is 10.0. The normalized spacial score (nSPS) is 26.4. The predicted octanol–water partition coefficient (Wildman–Crippen LogP) is 2.98. The van der Waals surface area contributed by atoms with Crippen LogP contribution in [0.15, 0.2) is 30.3 Å². The number of benzene rings is 1. The minimum atomic E-state index is -0.636. The first kappa shape index (κ1) is 11.2. The molecular weight excluding hydrogens is 200 g/mol. The number of carbonyl (C=O) groups is 1. The summed E-state index contributed by atoms with van der Waals surface area (Å²) in [6.45, 7) is 4.11. The van der Waals surface area contributed by atoms with Gasteiger partial charge in [-0.2, -0.15) is 0 Å². The summed E-state index contributed by atoms with van der Waals surface area (Å²) in [5, 5.41) is 9.06. The van der Waals surface area contributed by atoms with Gasteiger partial charge in [0.25, 0.3) is 0 Å². The molecule has 0 aromatic heterocycles. The van der Waals surface area contributed by atoms with Gasteiger partial charge >= 0.3 is 5.97 Å². The highest BCUT2D eigenvalue weighted by Crippen LogP contribution is 2.60. The van der Waals surface area contributed by atoms with E-state index >= 15 is 0 Å². The van der Waals surface area contributed by atoms with Crippen LogP contribution >= 0.6 is 0 Å². The summed E-state index contributed by atoms with van der Waals surface area (Å²) in [7, 11) is 0. The topological polar surface area (TPSA) is 37.3 Å². The van der Waals surface area contributed by atoms with E-state index in [9.17, 15) is 4.79 Å². The number of hydrogen-bond acceptors (Lipinski definition) is 1. The molecule has 1 saturated carbocycles. The van der Waals surface area contributed by atoms with Gasteiger partial charge in [-0.3, -0.25) is 4.79 Å². The van der Waals surface area contributed by atoms with E-state index in [1.807, 2.05) is 18.2 Å². The minimum absolute atomic E-state index is 0.0133. The molecule has 0 saturated heterocycles. The average Bonchev–Trinajstić information content (AvgIpc) is 2.79. The van der Waals surface area contributed by atoms with Gasteiger partial charge in [-0.05, 0) is 29.7 Å². The van der Waals surface area contributed by atoms with Crippen molar-refractivity contribution in [1.29, 1.82) is 0 Å². The van der Waals surface area contributed by atoms with Crippen LogP contribution in [0.25, 0.3) is 0 Å². The van der Waals surface area contributed by atoms with Crippen molar-refractivity contribution in [2.24, 2.45) is 17.3 Å². The summed E-state index contributed by atoms with van der Waals surface area (Å²) >= 11 is 0. The predicted molar refractivity (Wildman–Crippen MR) is 63.2 cm³/mol. The summed E-state index contributed by atoms with van der Waals surface area (Å²) in [6.07, 6.45) is 1.96. The number of aliphatic carboxylic acids is 1. The van der Waals surface area contributed by atoms with Crippen molar-refractivity contribution < 1.29 is 9.90 Å². The van der Waals surface area contributed by atoms with E-state index in [0.29, 0.717) is 5.92 Å². The second-order valence-electron chi connectivity index (χ2n) is 5.27. The molecule has 2 unspecified atom stereocenters. The zero-order valence-electron chi connectivity index (χ0n) is 9.81. The molecule has 2 heteroatoms. The average molecular weight is 218 g/mol. The molecule has 0 bridgehead atoms. The van der Waals surface area contributed by atoms with Crippen LogP contribution < -0.4 is 0 Å². The van der Waals surface area contributed by atoms with Gasteiger partial charge in [0.1, 0.15) is 0 Å². The Morgan fingerprint density at radius 1 is 1.31 bits per heavy atom. The third-order valence-electron chi connectivity index (χ3n) is 3.90. The standard InChI is InChI=1S/C14H18O2/c1-14(2)11(12(14)13(15)16)9-8-10-6-4-3-5-7-10/h3-7,11-12H,8-9H2,1-2H3,(H,15,16). The fraction of sp³-hybridized carbons (Fsp3) is 0.500. The molecule has 16 heavy (non-hydrogen) atoms. The third-order valence-corrected chi connectivity index (χ3v) is 3.90. The molecule has 2 rings (SSSR count). The van der Waals surface area contributed by atoms with Crippen LogP contribution in [0.1, 0.15) is 25.8 Å². The first-order chi connectivity index (χ1) is 7.53. The van der Waals surface area contributed by atoms with Crippen molar-refractivity contribution >= 4 is 5.97 Å². The Balaban J connectivity index is 1.91. The van der Waals surface area contributed by atoms with Crippen molar-refractivity contribution in [1.82, 2.24) is 0 Å². The second-order valence-corrected chi connectivity index (χ2v) is 5.27. The number of hydrogen-bond donors (Lipinski definition) is 1. The highest BCUT2D eigenvalue weighted by atomic mass is 16.4. The molecule has 1 aliphatic rings. The lowest BCUT2D eigenvalue weighted by Gasteiger charge is -2.02. The van der Waals surface area contributed by atoms with Gasteiger partial charge in [0.05, 0.1) is 5.92 Å². The fourth-order valence-electron chi connectivity index (χ4n) is 2.74. The molecule has 1 N–H and O–H groups in total.